The Labute approximate surface area is 88.1 Å². The summed E-state index contributed by atoms with van der Waals surface area (Å²) in [7, 11) is 0. The lowest BCUT2D eigenvalue weighted by atomic mass is 10.0. The molecule has 2 atom stereocenters. The molecule has 0 spiro atoms. The highest BCUT2D eigenvalue weighted by molar-refractivity contribution is 6.32. The summed E-state index contributed by atoms with van der Waals surface area (Å²) in [6, 6.07) is 4.28. The van der Waals surface area contributed by atoms with Crippen LogP contribution in [-0.4, -0.2) is 16.3 Å². The average Bonchev–Trinajstić information content (AvgIpc) is 2.20. The van der Waals surface area contributed by atoms with Gasteiger partial charge in [0.15, 0.2) is 0 Å². The Kier molecular flexibility index (Phi) is 3.75. The van der Waals surface area contributed by atoms with Gasteiger partial charge in [-0.25, -0.2) is 0 Å². The van der Waals surface area contributed by atoms with E-state index in [0.29, 0.717) is 12.0 Å². The highest BCUT2D eigenvalue weighted by Gasteiger charge is 2.15. The van der Waals surface area contributed by atoms with Crippen molar-refractivity contribution in [1.82, 2.24) is 0 Å². The van der Waals surface area contributed by atoms with Crippen LogP contribution in [0.25, 0.3) is 0 Å². The third-order valence-corrected chi connectivity index (χ3v) is 2.49. The number of aliphatic hydroxyl groups excluding tert-OH is 1. The monoisotopic (exact) mass is 215 g/mol. The first-order valence-electron chi connectivity index (χ1n) is 4.48. The molecule has 0 amide bonds. The van der Waals surface area contributed by atoms with Crippen LogP contribution in [0.5, 0.6) is 5.75 Å². The van der Waals surface area contributed by atoms with E-state index < -0.39 is 6.10 Å². The maximum atomic E-state index is 9.74. The van der Waals surface area contributed by atoms with Gasteiger partial charge in [-0.05, 0) is 24.1 Å². The summed E-state index contributed by atoms with van der Waals surface area (Å²) in [5, 5.41) is 19.1. The van der Waals surface area contributed by atoms with Crippen molar-refractivity contribution in [2.24, 2.45) is 5.73 Å². The van der Waals surface area contributed by atoms with Crippen LogP contribution in [0, 0.1) is 0 Å². The molecular weight excluding hydrogens is 202 g/mol. The minimum Gasteiger partial charge on any atom is -0.506 e. The molecule has 0 radical (unpaired) electrons. The lowest BCUT2D eigenvalue weighted by molar-refractivity contribution is 0.144. The predicted molar refractivity (Wildman–Crippen MR) is 56.3 cm³/mol. The van der Waals surface area contributed by atoms with Gasteiger partial charge in [0.2, 0.25) is 0 Å². The minimum absolute atomic E-state index is 0.00712. The highest BCUT2D eigenvalue weighted by Crippen LogP contribution is 2.27. The summed E-state index contributed by atoms with van der Waals surface area (Å²) < 4.78 is 0. The Morgan fingerprint density at radius 1 is 1.50 bits per heavy atom. The van der Waals surface area contributed by atoms with Crippen molar-refractivity contribution in [3.05, 3.63) is 28.8 Å². The van der Waals surface area contributed by atoms with Gasteiger partial charge in [0.25, 0.3) is 0 Å². The molecule has 0 saturated heterocycles. The van der Waals surface area contributed by atoms with Crippen LogP contribution in [0.3, 0.4) is 0 Å². The van der Waals surface area contributed by atoms with Gasteiger partial charge in [-0.1, -0.05) is 24.6 Å². The largest absolute Gasteiger partial charge is 0.506 e. The van der Waals surface area contributed by atoms with E-state index in [1.807, 2.05) is 6.92 Å². The Morgan fingerprint density at radius 2 is 2.14 bits per heavy atom. The van der Waals surface area contributed by atoms with E-state index in [1.54, 1.807) is 6.07 Å². The van der Waals surface area contributed by atoms with Crippen molar-refractivity contribution < 1.29 is 10.2 Å². The van der Waals surface area contributed by atoms with Crippen LogP contribution in [-0.2, 0) is 0 Å². The molecule has 14 heavy (non-hydrogen) atoms. The van der Waals surface area contributed by atoms with Crippen LogP contribution in [0.15, 0.2) is 18.2 Å². The van der Waals surface area contributed by atoms with Crippen molar-refractivity contribution in [1.29, 1.82) is 0 Å². The van der Waals surface area contributed by atoms with Crippen LogP contribution in [0.4, 0.5) is 0 Å². The van der Waals surface area contributed by atoms with Gasteiger partial charge in [-0.15, -0.1) is 0 Å². The molecule has 0 aromatic heterocycles. The van der Waals surface area contributed by atoms with Crippen molar-refractivity contribution in [3.63, 3.8) is 0 Å². The zero-order valence-electron chi connectivity index (χ0n) is 7.94. The molecule has 0 heterocycles. The molecule has 1 aromatic rings. The predicted octanol–water partition coefficient (Wildman–Crippen LogP) is 1.82. The fourth-order valence-corrected chi connectivity index (χ4v) is 1.37. The number of phenols is 1. The Bertz CT molecular complexity index is 317. The van der Waals surface area contributed by atoms with Crippen molar-refractivity contribution in [2.75, 3.05) is 0 Å². The molecule has 0 aliphatic heterocycles. The van der Waals surface area contributed by atoms with Gasteiger partial charge < -0.3 is 15.9 Å². The lowest BCUT2D eigenvalue weighted by Crippen LogP contribution is -2.27. The smallest absolute Gasteiger partial charge is 0.134 e. The van der Waals surface area contributed by atoms with E-state index in [4.69, 9.17) is 17.3 Å². The Hall–Kier alpha value is -0.770. The number of hydrogen-bond acceptors (Lipinski definition) is 3. The molecule has 4 N–H and O–H groups in total. The summed E-state index contributed by atoms with van der Waals surface area (Å²) >= 11 is 5.70. The van der Waals surface area contributed by atoms with Crippen molar-refractivity contribution >= 4 is 11.6 Å². The summed E-state index contributed by atoms with van der Waals surface area (Å²) in [5.74, 6) is 0.00712. The molecule has 0 aliphatic carbocycles. The quantitative estimate of drug-likeness (QED) is 0.721. The SMILES string of the molecule is CCC(N)C(O)c1ccc(O)c(Cl)c1. The molecule has 0 aliphatic rings. The van der Waals surface area contributed by atoms with E-state index in [-0.39, 0.29) is 16.8 Å². The zero-order valence-corrected chi connectivity index (χ0v) is 8.70. The highest BCUT2D eigenvalue weighted by atomic mass is 35.5. The molecule has 1 aromatic carbocycles. The molecule has 3 nitrogen and oxygen atoms in total. The third-order valence-electron chi connectivity index (χ3n) is 2.19. The number of hydrogen-bond donors (Lipinski definition) is 3. The molecule has 0 saturated carbocycles. The molecule has 0 fully saturated rings. The average molecular weight is 216 g/mol. The first-order valence-corrected chi connectivity index (χ1v) is 4.86. The summed E-state index contributed by atoms with van der Waals surface area (Å²) in [5.41, 5.74) is 6.31. The van der Waals surface area contributed by atoms with Crippen LogP contribution in [0.1, 0.15) is 25.0 Å². The number of aromatic hydroxyl groups is 1. The summed E-state index contributed by atoms with van der Waals surface area (Å²) in [4.78, 5) is 0. The Balaban J connectivity index is 2.91. The van der Waals surface area contributed by atoms with E-state index in [2.05, 4.69) is 0 Å². The van der Waals surface area contributed by atoms with Gasteiger partial charge in [0, 0.05) is 6.04 Å². The zero-order chi connectivity index (χ0) is 10.7. The van der Waals surface area contributed by atoms with E-state index in [9.17, 15) is 10.2 Å². The lowest BCUT2D eigenvalue weighted by Gasteiger charge is -2.17. The first kappa shape index (κ1) is 11.3. The molecule has 2 unspecified atom stereocenters. The normalized spacial score (nSPS) is 15.1. The second-order valence-corrected chi connectivity index (χ2v) is 3.63. The van der Waals surface area contributed by atoms with Crippen molar-refractivity contribution in [2.45, 2.75) is 25.5 Å². The number of aliphatic hydroxyl groups is 1. The molecule has 1 rings (SSSR count). The second-order valence-electron chi connectivity index (χ2n) is 3.23. The van der Waals surface area contributed by atoms with Crippen LogP contribution < -0.4 is 5.73 Å². The maximum Gasteiger partial charge on any atom is 0.134 e. The Morgan fingerprint density at radius 3 is 2.64 bits per heavy atom. The maximum absolute atomic E-state index is 9.74. The van der Waals surface area contributed by atoms with Gasteiger partial charge >= 0.3 is 0 Å². The first-order chi connectivity index (χ1) is 6.56. The number of halogens is 1. The number of phenolic OH excluding ortho intramolecular Hbond substituents is 1. The second kappa shape index (κ2) is 4.64. The summed E-state index contributed by atoms with van der Waals surface area (Å²) in [6.45, 7) is 1.90. The minimum atomic E-state index is -0.738. The molecular formula is C10H14ClNO2. The third kappa shape index (κ3) is 2.38. The van der Waals surface area contributed by atoms with Crippen molar-refractivity contribution in [3.8, 4) is 5.75 Å². The fraction of sp³-hybridized carbons (Fsp3) is 0.400. The van der Waals surface area contributed by atoms with E-state index in [0.717, 1.165) is 0 Å². The molecule has 0 bridgehead atoms. The standard InChI is InChI=1S/C10H14ClNO2/c1-2-8(12)10(14)6-3-4-9(13)7(11)5-6/h3-5,8,10,13-14H,2,12H2,1H3. The van der Waals surface area contributed by atoms with E-state index >= 15 is 0 Å². The summed E-state index contributed by atoms with van der Waals surface area (Å²) in [6.07, 6.45) is -0.0576. The van der Waals surface area contributed by atoms with E-state index in [1.165, 1.54) is 12.1 Å². The van der Waals surface area contributed by atoms with Gasteiger partial charge in [-0.3, -0.25) is 0 Å². The number of nitrogens with two attached hydrogens (primary N) is 1. The molecule has 78 valence electrons. The van der Waals surface area contributed by atoms with Gasteiger partial charge in [0.05, 0.1) is 11.1 Å². The van der Waals surface area contributed by atoms with Gasteiger partial charge in [-0.2, -0.15) is 0 Å². The fourth-order valence-electron chi connectivity index (χ4n) is 1.18. The topological polar surface area (TPSA) is 66.5 Å². The van der Waals surface area contributed by atoms with Gasteiger partial charge in [0.1, 0.15) is 5.75 Å². The molecule has 4 heteroatoms. The van der Waals surface area contributed by atoms with Crippen LogP contribution >= 0.6 is 11.6 Å². The number of benzene rings is 1. The van der Waals surface area contributed by atoms with Crippen LogP contribution in [0.2, 0.25) is 5.02 Å². The number of rotatable bonds is 3.